The molecule has 0 aliphatic heterocycles. The molecule has 0 fully saturated rings. The largest absolute Gasteiger partial charge is 0.449 e. The summed E-state index contributed by atoms with van der Waals surface area (Å²) >= 11 is 12.1. The molecule has 0 bridgehead atoms. The first-order valence-corrected chi connectivity index (χ1v) is 9.48. The standard InChI is InChI=1S/C15H15Cl2N3O6S/c1-24-9-25-14-7-12(4-5-27(22,23)26-15(18)21)20(19-14)8-10-2-3-11(16)6-13(10)17/h2-7H,8-9H2,1H3,(H2,18,21). The zero-order valence-electron chi connectivity index (χ0n) is 14.0. The fourth-order valence-corrected chi connectivity index (χ4v) is 3.02. The average molecular weight is 436 g/mol. The van der Waals surface area contributed by atoms with E-state index in [1.807, 2.05) is 0 Å². The van der Waals surface area contributed by atoms with Gasteiger partial charge >= 0.3 is 16.2 Å². The average Bonchev–Trinajstić information content (AvgIpc) is 2.94. The number of nitrogens with two attached hydrogens (primary N) is 1. The third-order valence-corrected chi connectivity index (χ3v) is 4.51. The molecule has 2 N–H and O–H groups in total. The number of carbonyl (C=O) groups excluding carboxylic acids is 1. The van der Waals surface area contributed by atoms with Crippen LogP contribution in [0.4, 0.5) is 4.79 Å². The number of primary amides is 1. The Morgan fingerprint density at radius 3 is 2.70 bits per heavy atom. The molecule has 0 saturated carbocycles. The highest BCUT2D eigenvalue weighted by Crippen LogP contribution is 2.23. The maximum atomic E-state index is 11.6. The Morgan fingerprint density at radius 2 is 2.07 bits per heavy atom. The molecular formula is C15H15Cl2N3O6S. The van der Waals surface area contributed by atoms with E-state index in [1.54, 1.807) is 18.2 Å². The van der Waals surface area contributed by atoms with Gasteiger partial charge in [-0.05, 0) is 23.8 Å². The Labute approximate surface area is 165 Å². The molecule has 1 heterocycles. The molecule has 146 valence electrons. The first-order valence-electron chi connectivity index (χ1n) is 7.25. The van der Waals surface area contributed by atoms with Crippen molar-refractivity contribution in [3.8, 4) is 5.88 Å². The minimum atomic E-state index is -4.30. The van der Waals surface area contributed by atoms with Gasteiger partial charge in [0.2, 0.25) is 5.88 Å². The number of nitrogens with zero attached hydrogens (tertiary/aromatic N) is 2. The molecule has 27 heavy (non-hydrogen) atoms. The lowest BCUT2D eigenvalue weighted by Crippen LogP contribution is -2.17. The highest BCUT2D eigenvalue weighted by molar-refractivity contribution is 7.90. The fraction of sp³-hybridized carbons (Fsp3) is 0.200. The van der Waals surface area contributed by atoms with Crippen molar-refractivity contribution >= 4 is 45.5 Å². The van der Waals surface area contributed by atoms with Crippen LogP contribution in [-0.2, 0) is 25.6 Å². The van der Waals surface area contributed by atoms with Crippen LogP contribution >= 0.6 is 23.2 Å². The van der Waals surface area contributed by atoms with E-state index in [9.17, 15) is 13.2 Å². The van der Waals surface area contributed by atoms with Crippen molar-refractivity contribution in [1.82, 2.24) is 9.78 Å². The summed E-state index contributed by atoms with van der Waals surface area (Å²) in [6.07, 6.45) is -0.264. The highest BCUT2D eigenvalue weighted by atomic mass is 35.5. The van der Waals surface area contributed by atoms with Crippen molar-refractivity contribution in [2.24, 2.45) is 5.73 Å². The normalized spacial score (nSPS) is 11.7. The van der Waals surface area contributed by atoms with E-state index in [4.69, 9.17) is 38.4 Å². The number of methoxy groups -OCH3 is 1. The van der Waals surface area contributed by atoms with Crippen molar-refractivity contribution in [3.63, 3.8) is 0 Å². The molecule has 0 aliphatic carbocycles. The molecule has 0 spiro atoms. The summed E-state index contributed by atoms with van der Waals surface area (Å²) in [6, 6.07) is 6.42. The van der Waals surface area contributed by atoms with Gasteiger partial charge in [-0.25, -0.2) is 4.79 Å². The van der Waals surface area contributed by atoms with Gasteiger partial charge in [-0.15, -0.1) is 5.10 Å². The predicted molar refractivity (Wildman–Crippen MR) is 98.9 cm³/mol. The third-order valence-electron chi connectivity index (χ3n) is 3.05. The van der Waals surface area contributed by atoms with Crippen LogP contribution in [0.15, 0.2) is 29.7 Å². The maximum Gasteiger partial charge on any atom is 0.420 e. The van der Waals surface area contributed by atoms with Gasteiger partial charge in [0, 0.05) is 23.2 Å². The Hall–Kier alpha value is -2.27. The quantitative estimate of drug-likeness (QED) is 0.499. The molecule has 0 aliphatic rings. The molecule has 0 radical (unpaired) electrons. The van der Waals surface area contributed by atoms with Gasteiger partial charge in [0.25, 0.3) is 0 Å². The van der Waals surface area contributed by atoms with Crippen LogP contribution in [0.2, 0.25) is 10.0 Å². The molecule has 0 atom stereocenters. The Kier molecular flexibility index (Phi) is 7.08. The van der Waals surface area contributed by atoms with Gasteiger partial charge in [-0.1, -0.05) is 29.3 Å². The highest BCUT2D eigenvalue weighted by Gasteiger charge is 2.13. The molecule has 2 aromatic rings. The van der Waals surface area contributed by atoms with E-state index in [0.29, 0.717) is 26.7 Å². The summed E-state index contributed by atoms with van der Waals surface area (Å²) in [5.41, 5.74) is 5.74. The van der Waals surface area contributed by atoms with Crippen molar-refractivity contribution in [1.29, 1.82) is 0 Å². The van der Waals surface area contributed by atoms with Crippen LogP contribution in [0.3, 0.4) is 0 Å². The second-order valence-corrected chi connectivity index (χ2v) is 7.32. The molecule has 1 aromatic heterocycles. The first kappa shape index (κ1) is 21.0. The van der Waals surface area contributed by atoms with Crippen molar-refractivity contribution in [2.45, 2.75) is 6.54 Å². The topological polar surface area (TPSA) is 123 Å². The SMILES string of the molecule is COCOc1cc(C=CS(=O)(=O)OC(N)=O)n(Cc2ccc(Cl)cc2Cl)n1. The molecule has 0 unspecified atom stereocenters. The second-order valence-electron chi connectivity index (χ2n) is 5.05. The van der Waals surface area contributed by atoms with E-state index >= 15 is 0 Å². The van der Waals surface area contributed by atoms with Crippen LogP contribution < -0.4 is 10.5 Å². The van der Waals surface area contributed by atoms with Crippen molar-refractivity contribution in [3.05, 3.63) is 51.0 Å². The molecule has 1 amide bonds. The van der Waals surface area contributed by atoms with Crippen LogP contribution in [-0.4, -0.2) is 38.2 Å². The summed E-state index contributed by atoms with van der Waals surface area (Å²) in [5.74, 6) is 0.190. The number of halogens is 2. The smallest absolute Gasteiger partial charge is 0.420 e. The summed E-state index contributed by atoms with van der Waals surface area (Å²) < 4.78 is 38.8. The van der Waals surface area contributed by atoms with Gasteiger partial charge in [0.15, 0.2) is 6.79 Å². The lowest BCUT2D eigenvalue weighted by atomic mass is 10.2. The van der Waals surface area contributed by atoms with E-state index in [0.717, 1.165) is 0 Å². The van der Waals surface area contributed by atoms with Crippen LogP contribution in [0, 0.1) is 0 Å². The number of hydrogen-bond acceptors (Lipinski definition) is 7. The number of amides is 1. The monoisotopic (exact) mass is 435 g/mol. The second kappa shape index (κ2) is 9.09. The first-order chi connectivity index (χ1) is 12.7. The lowest BCUT2D eigenvalue weighted by molar-refractivity contribution is 0.0473. The summed E-state index contributed by atoms with van der Waals surface area (Å²) in [6.45, 7) is 0.147. The molecule has 0 saturated heterocycles. The summed E-state index contributed by atoms with van der Waals surface area (Å²) in [5, 5.41) is 5.78. The van der Waals surface area contributed by atoms with E-state index in [-0.39, 0.29) is 19.2 Å². The molecule has 1 aromatic carbocycles. The number of aromatic nitrogens is 2. The van der Waals surface area contributed by atoms with Gasteiger partial charge < -0.3 is 19.4 Å². The zero-order chi connectivity index (χ0) is 20.0. The van der Waals surface area contributed by atoms with Gasteiger partial charge in [-0.3, -0.25) is 4.68 Å². The van der Waals surface area contributed by atoms with Gasteiger partial charge in [0.1, 0.15) is 0 Å². The number of carbonyl (C=O) groups is 1. The van der Waals surface area contributed by atoms with E-state index < -0.39 is 16.2 Å². The van der Waals surface area contributed by atoms with Crippen LogP contribution in [0.5, 0.6) is 5.88 Å². The molecule has 12 heteroatoms. The maximum absolute atomic E-state index is 11.6. The number of rotatable bonds is 8. The minimum Gasteiger partial charge on any atom is -0.449 e. The third kappa shape index (κ3) is 6.43. The van der Waals surface area contributed by atoms with E-state index in [2.05, 4.69) is 9.28 Å². The fourth-order valence-electron chi connectivity index (χ4n) is 1.96. The Bertz CT molecular complexity index is 958. The summed E-state index contributed by atoms with van der Waals surface area (Å²) in [7, 11) is -2.85. The van der Waals surface area contributed by atoms with Gasteiger partial charge in [0.05, 0.1) is 17.6 Å². The number of ether oxygens (including phenoxy) is 2. The number of hydrogen-bond donors (Lipinski definition) is 1. The van der Waals surface area contributed by atoms with Crippen LogP contribution in [0.25, 0.3) is 6.08 Å². The zero-order valence-corrected chi connectivity index (χ0v) is 16.3. The molecule has 2 rings (SSSR count). The lowest BCUT2D eigenvalue weighted by Gasteiger charge is -2.07. The van der Waals surface area contributed by atoms with Gasteiger partial charge in [-0.2, -0.15) is 8.42 Å². The Morgan fingerprint density at radius 1 is 1.33 bits per heavy atom. The Balaban J connectivity index is 2.34. The molecule has 9 nitrogen and oxygen atoms in total. The van der Waals surface area contributed by atoms with Crippen LogP contribution in [0.1, 0.15) is 11.3 Å². The van der Waals surface area contributed by atoms with E-state index in [1.165, 1.54) is 23.9 Å². The minimum absolute atomic E-state index is 0.0506. The number of benzene rings is 1. The van der Waals surface area contributed by atoms with Crippen molar-refractivity contribution in [2.75, 3.05) is 13.9 Å². The molecular weight excluding hydrogens is 421 g/mol. The summed E-state index contributed by atoms with van der Waals surface area (Å²) in [4.78, 5) is 10.6. The predicted octanol–water partition coefficient (Wildman–Crippen LogP) is 2.62. The van der Waals surface area contributed by atoms with Crippen molar-refractivity contribution < 1.29 is 26.9 Å².